The third kappa shape index (κ3) is 2.26. The summed E-state index contributed by atoms with van der Waals surface area (Å²) >= 11 is 6.27. The van der Waals surface area contributed by atoms with Crippen LogP contribution in [-0.2, 0) is 19.6 Å². The van der Waals surface area contributed by atoms with Gasteiger partial charge in [-0.3, -0.25) is 4.90 Å². The molecule has 0 spiro atoms. The van der Waals surface area contributed by atoms with Gasteiger partial charge in [0.15, 0.2) is 0 Å². The minimum absolute atomic E-state index is 0.838. The van der Waals surface area contributed by atoms with Crippen LogP contribution in [0.3, 0.4) is 0 Å². The fraction of sp³-hybridized carbons (Fsp3) is 0.385. The van der Waals surface area contributed by atoms with E-state index >= 15 is 0 Å². The molecule has 0 bridgehead atoms. The number of halogens is 1. The summed E-state index contributed by atoms with van der Waals surface area (Å²) in [4.78, 5) is 6.61. The second kappa shape index (κ2) is 4.71. The smallest absolute Gasteiger partial charge is 0.141 e. The quantitative estimate of drug-likeness (QED) is 0.833. The first-order valence-corrected chi connectivity index (χ1v) is 6.44. The number of aromatic nitrogens is 3. The highest BCUT2D eigenvalue weighted by Crippen LogP contribution is 2.21. The van der Waals surface area contributed by atoms with Crippen molar-refractivity contribution in [3.63, 3.8) is 0 Å². The van der Waals surface area contributed by atoms with Crippen molar-refractivity contribution < 1.29 is 0 Å². The minimum Gasteiger partial charge on any atom is -0.290 e. The number of benzene rings is 1. The largest absolute Gasteiger partial charge is 0.290 e. The molecule has 0 saturated heterocycles. The summed E-state index contributed by atoms with van der Waals surface area (Å²) in [6.07, 6.45) is 1.62. The molecule has 94 valence electrons. The molecule has 0 saturated carbocycles. The predicted molar refractivity (Wildman–Crippen MR) is 70.3 cm³/mol. The van der Waals surface area contributed by atoms with Gasteiger partial charge < -0.3 is 0 Å². The Bertz CT molecular complexity index is 564. The molecule has 0 fully saturated rings. The van der Waals surface area contributed by atoms with Gasteiger partial charge in [0.25, 0.3) is 0 Å². The molecule has 2 aromatic rings. The van der Waals surface area contributed by atoms with Gasteiger partial charge in [-0.1, -0.05) is 23.7 Å². The van der Waals surface area contributed by atoms with Crippen LogP contribution in [0.1, 0.15) is 17.0 Å². The van der Waals surface area contributed by atoms with Crippen LogP contribution >= 0.6 is 11.6 Å². The SMILES string of the molecule is Cc1ccc(CN2CCn3ncnc3C2)c(Cl)c1. The van der Waals surface area contributed by atoms with Gasteiger partial charge in [-0.05, 0) is 24.1 Å². The Kier molecular flexibility index (Phi) is 3.06. The van der Waals surface area contributed by atoms with E-state index in [0.29, 0.717) is 0 Å². The van der Waals surface area contributed by atoms with Crippen molar-refractivity contribution in [1.82, 2.24) is 19.7 Å². The predicted octanol–water partition coefficient (Wildman–Crippen LogP) is 2.26. The fourth-order valence-corrected chi connectivity index (χ4v) is 2.56. The first-order valence-electron chi connectivity index (χ1n) is 6.06. The van der Waals surface area contributed by atoms with E-state index in [1.54, 1.807) is 6.33 Å². The maximum Gasteiger partial charge on any atom is 0.141 e. The van der Waals surface area contributed by atoms with Gasteiger partial charge in [0.2, 0.25) is 0 Å². The summed E-state index contributed by atoms with van der Waals surface area (Å²) in [5.41, 5.74) is 2.37. The lowest BCUT2D eigenvalue weighted by atomic mass is 10.1. The third-order valence-electron chi connectivity index (χ3n) is 3.29. The molecule has 1 aliphatic heterocycles. The van der Waals surface area contributed by atoms with Crippen molar-refractivity contribution in [2.24, 2.45) is 0 Å². The molecular weight excluding hydrogens is 248 g/mol. The molecule has 0 unspecified atom stereocenters. The Hall–Kier alpha value is -1.39. The molecule has 2 heterocycles. The maximum absolute atomic E-state index is 6.27. The number of aryl methyl sites for hydroxylation is 1. The highest BCUT2D eigenvalue weighted by Gasteiger charge is 2.18. The van der Waals surface area contributed by atoms with Crippen molar-refractivity contribution in [3.8, 4) is 0 Å². The average Bonchev–Trinajstić information content (AvgIpc) is 2.80. The lowest BCUT2D eigenvalue weighted by Crippen LogP contribution is -2.33. The van der Waals surface area contributed by atoms with Crippen molar-refractivity contribution >= 4 is 11.6 Å². The van der Waals surface area contributed by atoms with Gasteiger partial charge in [-0.2, -0.15) is 5.10 Å². The van der Waals surface area contributed by atoms with Crippen molar-refractivity contribution in [3.05, 3.63) is 46.5 Å². The topological polar surface area (TPSA) is 34.0 Å². The zero-order valence-corrected chi connectivity index (χ0v) is 11.1. The van der Waals surface area contributed by atoms with E-state index in [2.05, 4.69) is 34.0 Å². The van der Waals surface area contributed by atoms with Crippen LogP contribution < -0.4 is 0 Å². The Labute approximate surface area is 111 Å². The van der Waals surface area contributed by atoms with Crippen LogP contribution in [0.2, 0.25) is 5.02 Å². The molecular formula is C13H15ClN4. The standard InChI is InChI=1S/C13H15ClN4/c1-10-2-3-11(12(14)6-10)7-17-4-5-18-13(8-17)15-9-16-18/h2-3,6,9H,4-5,7-8H2,1H3. The molecule has 0 aliphatic carbocycles. The van der Waals surface area contributed by atoms with Crippen LogP contribution in [-0.4, -0.2) is 26.2 Å². The van der Waals surface area contributed by atoms with E-state index in [1.807, 2.05) is 10.7 Å². The van der Waals surface area contributed by atoms with Gasteiger partial charge in [0.1, 0.15) is 12.2 Å². The molecule has 3 rings (SSSR count). The second-order valence-corrected chi connectivity index (χ2v) is 5.11. The van der Waals surface area contributed by atoms with E-state index in [0.717, 1.165) is 37.0 Å². The highest BCUT2D eigenvalue weighted by atomic mass is 35.5. The zero-order chi connectivity index (χ0) is 12.5. The van der Waals surface area contributed by atoms with Crippen LogP contribution in [0.4, 0.5) is 0 Å². The van der Waals surface area contributed by atoms with E-state index in [1.165, 1.54) is 11.1 Å². The average molecular weight is 263 g/mol. The summed E-state index contributed by atoms with van der Waals surface area (Å²) in [6, 6.07) is 6.23. The molecule has 18 heavy (non-hydrogen) atoms. The van der Waals surface area contributed by atoms with Crippen molar-refractivity contribution in [1.29, 1.82) is 0 Å². The zero-order valence-electron chi connectivity index (χ0n) is 10.3. The Morgan fingerprint density at radius 1 is 1.33 bits per heavy atom. The molecule has 4 nitrogen and oxygen atoms in total. The van der Waals surface area contributed by atoms with Crippen molar-refractivity contribution in [2.45, 2.75) is 26.6 Å². The molecule has 1 aliphatic rings. The minimum atomic E-state index is 0.838. The number of fused-ring (bicyclic) bond motifs is 1. The Morgan fingerprint density at radius 2 is 2.22 bits per heavy atom. The van der Waals surface area contributed by atoms with Crippen LogP contribution in [0.15, 0.2) is 24.5 Å². The van der Waals surface area contributed by atoms with E-state index in [-0.39, 0.29) is 0 Å². The van der Waals surface area contributed by atoms with Crippen molar-refractivity contribution in [2.75, 3.05) is 6.54 Å². The van der Waals surface area contributed by atoms with Gasteiger partial charge >= 0.3 is 0 Å². The first-order chi connectivity index (χ1) is 8.72. The van der Waals surface area contributed by atoms with Gasteiger partial charge in [-0.25, -0.2) is 9.67 Å². The molecule has 1 aromatic carbocycles. The fourth-order valence-electron chi connectivity index (χ4n) is 2.27. The van der Waals surface area contributed by atoms with E-state index < -0.39 is 0 Å². The van der Waals surface area contributed by atoms with Gasteiger partial charge in [-0.15, -0.1) is 0 Å². The summed E-state index contributed by atoms with van der Waals surface area (Å²) < 4.78 is 1.97. The van der Waals surface area contributed by atoms with Crippen LogP contribution in [0.25, 0.3) is 0 Å². The Balaban J connectivity index is 1.74. The number of rotatable bonds is 2. The lowest BCUT2D eigenvalue weighted by Gasteiger charge is -2.26. The number of nitrogens with zero attached hydrogens (tertiary/aromatic N) is 4. The van der Waals surface area contributed by atoms with Crippen LogP contribution in [0.5, 0.6) is 0 Å². The van der Waals surface area contributed by atoms with Gasteiger partial charge in [0, 0.05) is 18.1 Å². The molecule has 1 aromatic heterocycles. The monoisotopic (exact) mass is 262 g/mol. The molecule has 0 N–H and O–H groups in total. The van der Waals surface area contributed by atoms with E-state index in [9.17, 15) is 0 Å². The lowest BCUT2D eigenvalue weighted by molar-refractivity contribution is 0.201. The van der Waals surface area contributed by atoms with Gasteiger partial charge in [0.05, 0.1) is 13.1 Å². The summed E-state index contributed by atoms with van der Waals surface area (Å²) in [7, 11) is 0. The number of hydrogen-bond acceptors (Lipinski definition) is 3. The normalized spacial score (nSPS) is 15.7. The summed E-state index contributed by atoms with van der Waals surface area (Å²) in [6.45, 7) is 5.65. The number of hydrogen-bond donors (Lipinski definition) is 0. The summed E-state index contributed by atoms with van der Waals surface area (Å²) in [5.74, 6) is 1.03. The third-order valence-corrected chi connectivity index (χ3v) is 3.64. The Morgan fingerprint density at radius 3 is 3.06 bits per heavy atom. The molecule has 0 atom stereocenters. The molecule has 0 amide bonds. The van der Waals surface area contributed by atoms with Crippen LogP contribution in [0, 0.1) is 6.92 Å². The molecule has 5 heteroatoms. The first kappa shape index (κ1) is 11.7. The summed E-state index contributed by atoms with van der Waals surface area (Å²) in [5, 5.41) is 5.03. The highest BCUT2D eigenvalue weighted by molar-refractivity contribution is 6.31. The second-order valence-electron chi connectivity index (χ2n) is 4.70. The maximum atomic E-state index is 6.27. The van der Waals surface area contributed by atoms with E-state index in [4.69, 9.17) is 11.6 Å². The molecule has 0 radical (unpaired) electrons.